The number of halogens is 2. The predicted octanol–water partition coefficient (Wildman–Crippen LogP) is 2.59. The fourth-order valence-corrected chi connectivity index (χ4v) is 2.49. The summed E-state index contributed by atoms with van der Waals surface area (Å²) in [6.45, 7) is 1.50. The van der Waals surface area contributed by atoms with Crippen LogP contribution in [0, 0.1) is 0 Å². The Bertz CT molecular complexity index is 505. The minimum absolute atomic E-state index is 0.0710. The van der Waals surface area contributed by atoms with E-state index in [1.165, 1.54) is 25.1 Å². The summed E-state index contributed by atoms with van der Waals surface area (Å²) < 4.78 is 23.3. The molecule has 0 saturated heterocycles. The minimum atomic E-state index is -3.53. The van der Waals surface area contributed by atoms with Gasteiger partial charge in [0, 0.05) is 5.70 Å². The minimum Gasteiger partial charge on any atom is -0.402 e. The second-order valence-electron chi connectivity index (χ2n) is 2.98. The normalized spacial score (nSPS) is 12.9. The molecule has 6 heteroatoms. The lowest BCUT2D eigenvalue weighted by atomic mass is 10.4. The molecule has 3 nitrogen and oxygen atoms in total. The summed E-state index contributed by atoms with van der Waals surface area (Å²) in [7, 11) is -3.53. The van der Waals surface area contributed by atoms with Crippen molar-refractivity contribution in [2.24, 2.45) is 5.73 Å². The number of rotatable bonds is 2. The van der Waals surface area contributed by atoms with Crippen molar-refractivity contribution >= 4 is 33.0 Å². The fourth-order valence-electron chi connectivity index (χ4n) is 0.967. The van der Waals surface area contributed by atoms with Crippen LogP contribution < -0.4 is 5.73 Å². The Morgan fingerprint density at radius 3 is 2.40 bits per heavy atom. The summed E-state index contributed by atoms with van der Waals surface area (Å²) in [5.74, 6) is 0. The molecule has 15 heavy (non-hydrogen) atoms. The van der Waals surface area contributed by atoms with Crippen LogP contribution in [0.1, 0.15) is 6.92 Å². The maximum Gasteiger partial charge on any atom is 0.201 e. The lowest BCUT2D eigenvalue weighted by molar-refractivity contribution is 0.604. The predicted molar refractivity (Wildman–Crippen MR) is 61.6 cm³/mol. The quantitative estimate of drug-likeness (QED) is 0.894. The molecule has 2 N–H and O–H groups in total. The molecule has 0 aliphatic heterocycles. The molecule has 0 fully saturated rings. The Morgan fingerprint density at radius 1 is 1.33 bits per heavy atom. The van der Waals surface area contributed by atoms with E-state index < -0.39 is 9.84 Å². The number of hydrogen-bond acceptors (Lipinski definition) is 3. The molecule has 0 aromatic heterocycles. The van der Waals surface area contributed by atoms with Crippen molar-refractivity contribution in [2.75, 3.05) is 0 Å². The standard InChI is InChI=1S/C9H9Cl2NO2S/c1-6(12)5-15(13,14)7-2-3-8(10)9(11)4-7/h2-5H,12H2,1H3/b6-5+. The van der Waals surface area contributed by atoms with Gasteiger partial charge in [0.1, 0.15) is 0 Å². The number of nitrogens with two attached hydrogens (primary N) is 1. The van der Waals surface area contributed by atoms with Gasteiger partial charge in [-0.15, -0.1) is 0 Å². The highest BCUT2D eigenvalue weighted by atomic mass is 35.5. The van der Waals surface area contributed by atoms with E-state index in [0.717, 1.165) is 5.41 Å². The molecule has 0 aliphatic rings. The van der Waals surface area contributed by atoms with Gasteiger partial charge in [-0.25, -0.2) is 8.42 Å². The van der Waals surface area contributed by atoms with E-state index in [2.05, 4.69) is 0 Å². The first-order chi connectivity index (χ1) is 6.83. The largest absolute Gasteiger partial charge is 0.402 e. The van der Waals surface area contributed by atoms with Gasteiger partial charge < -0.3 is 5.73 Å². The summed E-state index contributed by atoms with van der Waals surface area (Å²) in [6.07, 6.45) is 0. The summed E-state index contributed by atoms with van der Waals surface area (Å²) in [6, 6.07) is 4.10. The highest BCUT2D eigenvalue weighted by molar-refractivity contribution is 7.94. The third kappa shape index (κ3) is 3.12. The Labute approximate surface area is 98.4 Å². The van der Waals surface area contributed by atoms with E-state index >= 15 is 0 Å². The van der Waals surface area contributed by atoms with E-state index in [9.17, 15) is 8.42 Å². The van der Waals surface area contributed by atoms with Crippen LogP contribution in [0.4, 0.5) is 0 Å². The fraction of sp³-hybridized carbons (Fsp3) is 0.111. The van der Waals surface area contributed by atoms with E-state index in [1.54, 1.807) is 0 Å². The second-order valence-corrected chi connectivity index (χ2v) is 5.59. The Hall–Kier alpha value is -0.710. The molecule has 0 radical (unpaired) electrons. The maximum atomic E-state index is 11.6. The molecular formula is C9H9Cl2NO2S. The van der Waals surface area contributed by atoms with Crippen molar-refractivity contribution < 1.29 is 8.42 Å². The van der Waals surface area contributed by atoms with Crippen molar-refractivity contribution in [1.82, 2.24) is 0 Å². The molecule has 0 saturated carbocycles. The number of benzene rings is 1. The van der Waals surface area contributed by atoms with Crippen LogP contribution in [0.2, 0.25) is 10.0 Å². The summed E-state index contributed by atoms with van der Waals surface area (Å²) in [5.41, 5.74) is 5.52. The van der Waals surface area contributed by atoms with Gasteiger partial charge in [-0.3, -0.25) is 0 Å². The lowest BCUT2D eigenvalue weighted by Gasteiger charge is -2.01. The van der Waals surface area contributed by atoms with E-state index in [4.69, 9.17) is 28.9 Å². The van der Waals surface area contributed by atoms with Gasteiger partial charge in [0.2, 0.25) is 9.84 Å². The van der Waals surface area contributed by atoms with Gasteiger partial charge in [-0.2, -0.15) is 0 Å². The average Bonchev–Trinajstić information content (AvgIpc) is 2.07. The number of sulfone groups is 1. The number of allylic oxidation sites excluding steroid dienone is 1. The summed E-state index contributed by atoms with van der Waals surface area (Å²) in [4.78, 5) is 0.0710. The van der Waals surface area contributed by atoms with Crippen LogP contribution in [0.25, 0.3) is 0 Å². The van der Waals surface area contributed by atoms with Crippen molar-refractivity contribution in [3.05, 3.63) is 39.3 Å². The van der Waals surface area contributed by atoms with Gasteiger partial charge in [0.25, 0.3) is 0 Å². The molecule has 0 spiro atoms. The van der Waals surface area contributed by atoms with Crippen molar-refractivity contribution in [1.29, 1.82) is 0 Å². The van der Waals surface area contributed by atoms with Gasteiger partial charge in [0.05, 0.1) is 20.3 Å². The van der Waals surface area contributed by atoms with Crippen molar-refractivity contribution in [2.45, 2.75) is 11.8 Å². The monoisotopic (exact) mass is 265 g/mol. The maximum absolute atomic E-state index is 11.6. The SMILES string of the molecule is C/C(N)=C\S(=O)(=O)c1ccc(Cl)c(Cl)c1. The number of hydrogen-bond donors (Lipinski definition) is 1. The molecule has 0 aliphatic carbocycles. The lowest BCUT2D eigenvalue weighted by Crippen LogP contribution is -2.01. The van der Waals surface area contributed by atoms with Gasteiger partial charge in [-0.1, -0.05) is 23.2 Å². The molecule has 0 bridgehead atoms. The highest BCUT2D eigenvalue weighted by Gasteiger charge is 2.12. The smallest absolute Gasteiger partial charge is 0.201 e. The topological polar surface area (TPSA) is 60.2 Å². The van der Waals surface area contributed by atoms with Crippen LogP contribution in [-0.2, 0) is 9.84 Å². The highest BCUT2D eigenvalue weighted by Crippen LogP contribution is 2.25. The molecule has 1 rings (SSSR count). The van der Waals surface area contributed by atoms with Gasteiger partial charge in [-0.05, 0) is 25.1 Å². The Kier molecular flexibility index (Phi) is 3.65. The third-order valence-electron chi connectivity index (χ3n) is 1.56. The molecular weight excluding hydrogens is 257 g/mol. The van der Waals surface area contributed by atoms with Gasteiger partial charge in [0.15, 0.2) is 0 Å². The summed E-state index contributed by atoms with van der Waals surface area (Å²) >= 11 is 11.4. The Balaban J connectivity index is 3.29. The van der Waals surface area contributed by atoms with Crippen LogP contribution in [0.15, 0.2) is 34.2 Å². The zero-order valence-corrected chi connectivity index (χ0v) is 10.2. The zero-order chi connectivity index (χ0) is 11.6. The molecule has 0 unspecified atom stereocenters. The first-order valence-corrected chi connectivity index (χ1v) is 6.27. The van der Waals surface area contributed by atoms with Crippen LogP contribution in [0.5, 0.6) is 0 Å². The van der Waals surface area contributed by atoms with Crippen molar-refractivity contribution in [3.63, 3.8) is 0 Å². The first-order valence-electron chi connectivity index (χ1n) is 3.97. The Morgan fingerprint density at radius 2 is 1.93 bits per heavy atom. The van der Waals surface area contributed by atoms with Crippen LogP contribution >= 0.6 is 23.2 Å². The third-order valence-corrected chi connectivity index (χ3v) is 3.89. The van der Waals surface area contributed by atoms with Crippen LogP contribution in [0.3, 0.4) is 0 Å². The second kappa shape index (κ2) is 4.43. The van der Waals surface area contributed by atoms with E-state index in [0.29, 0.717) is 5.02 Å². The average molecular weight is 266 g/mol. The molecule has 1 aromatic rings. The molecule has 1 aromatic carbocycles. The molecule has 0 heterocycles. The van der Waals surface area contributed by atoms with Gasteiger partial charge >= 0.3 is 0 Å². The summed E-state index contributed by atoms with van der Waals surface area (Å²) in [5, 5.41) is 1.48. The first kappa shape index (κ1) is 12.4. The molecule has 0 atom stereocenters. The van der Waals surface area contributed by atoms with Crippen molar-refractivity contribution in [3.8, 4) is 0 Å². The zero-order valence-electron chi connectivity index (χ0n) is 7.87. The van der Waals surface area contributed by atoms with E-state index in [1.807, 2.05) is 0 Å². The van der Waals surface area contributed by atoms with E-state index in [-0.39, 0.29) is 15.6 Å². The van der Waals surface area contributed by atoms with Crippen LogP contribution in [-0.4, -0.2) is 8.42 Å². The molecule has 82 valence electrons. The molecule has 0 amide bonds.